The van der Waals surface area contributed by atoms with Crippen LogP contribution in [-0.4, -0.2) is 15.0 Å². The minimum atomic E-state index is 0.109. The van der Waals surface area contributed by atoms with E-state index in [4.69, 9.17) is 0 Å². The van der Waals surface area contributed by atoms with Crippen LogP contribution in [0.4, 0.5) is 0 Å². The van der Waals surface area contributed by atoms with Crippen molar-refractivity contribution in [3.05, 3.63) is 174 Å². The van der Waals surface area contributed by atoms with Gasteiger partial charge in [-0.3, -0.25) is 0 Å². The summed E-state index contributed by atoms with van der Waals surface area (Å²) in [5, 5.41) is 0. The molecular weight excluding hydrogens is 487 g/mol. The van der Waals surface area contributed by atoms with Gasteiger partial charge in [-0.1, -0.05) is 0 Å². The molecule has 0 heterocycles. The summed E-state index contributed by atoms with van der Waals surface area (Å²) in [6.45, 7) is 0. The van der Waals surface area contributed by atoms with E-state index in [1.807, 2.05) is 0 Å². The van der Waals surface area contributed by atoms with Gasteiger partial charge in [0.25, 0.3) is 0 Å². The van der Waals surface area contributed by atoms with Crippen LogP contribution >= 0.6 is 0 Å². The molecule has 0 aliphatic rings. The predicted molar refractivity (Wildman–Crippen MR) is 152 cm³/mol. The topological polar surface area (TPSA) is 0 Å². The molecule has 0 radical (unpaired) electrons. The standard InChI is InChI=1S/C34H26Se/c1-6-16-27(17-7-1)26-32(28-18-8-2-9-19-28)33(29-20-10-3-11-21-29)34(30-22-12-4-13-23-30)35-31-24-14-5-15-25-31/h1-26H/b32-26+,34-33-. The van der Waals surface area contributed by atoms with Gasteiger partial charge in [0.05, 0.1) is 0 Å². The summed E-state index contributed by atoms with van der Waals surface area (Å²) < 4.78 is 2.74. The Morgan fingerprint density at radius 1 is 0.429 bits per heavy atom. The molecule has 0 unspecified atom stereocenters. The predicted octanol–water partition coefficient (Wildman–Crippen LogP) is 7.83. The molecule has 5 aromatic carbocycles. The molecule has 168 valence electrons. The second kappa shape index (κ2) is 11.5. The van der Waals surface area contributed by atoms with E-state index in [0.717, 1.165) is 0 Å². The molecule has 0 atom stereocenters. The molecule has 35 heavy (non-hydrogen) atoms. The Bertz CT molecular complexity index is 1400. The maximum absolute atomic E-state index is 2.34. The quantitative estimate of drug-likeness (QED) is 0.118. The number of allylic oxidation sites excluding steroid dienone is 2. The van der Waals surface area contributed by atoms with Crippen molar-refractivity contribution in [1.29, 1.82) is 0 Å². The zero-order valence-corrected chi connectivity index (χ0v) is 21.1. The summed E-state index contributed by atoms with van der Waals surface area (Å²) in [7, 11) is 0. The molecule has 0 aliphatic heterocycles. The van der Waals surface area contributed by atoms with Crippen molar-refractivity contribution >= 4 is 41.1 Å². The Kier molecular flexibility index (Phi) is 7.51. The van der Waals surface area contributed by atoms with E-state index in [1.165, 1.54) is 42.3 Å². The summed E-state index contributed by atoms with van der Waals surface area (Å²) in [4.78, 5) is 0. The normalized spacial score (nSPS) is 12.2. The Labute approximate surface area is 214 Å². The fraction of sp³-hybridized carbons (Fsp3) is 0. The summed E-state index contributed by atoms with van der Waals surface area (Å²) >= 11 is 0.109. The van der Waals surface area contributed by atoms with Gasteiger partial charge in [-0.25, -0.2) is 0 Å². The zero-order chi connectivity index (χ0) is 23.7. The number of rotatable bonds is 7. The second-order valence-electron chi connectivity index (χ2n) is 8.19. The molecule has 0 nitrogen and oxygen atoms in total. The fourth-order valence-corrected chi connectivity index (χ4v) is 6.43. The summed E-state index contributed by atoms with van der Waals surface area (Å²) in [5.41, 5.74) is 7.43. The van der Waals surface area contributed by atoms with Crippen molar-refractivity contribution in [2.75, 3.05) is 0 Å². The second-order valence-corrected chi connectivity index (χ2v) is 10.5. The molecule has 1 heteroatoms. The monoisotopic (exact) mass is 514 g/mol. The molecule has 5 aromatic rings. The molecule has 0 spiro atoms. The summed E-state index contributed by atoms with van der Waals surface area (Å²) in [6.07, 6.45) is 2.34. The summed E-state index contributed by atoms with van der Waals surface area (Å²) in [6, 6.07) is 54.0. The van der Waals surface area contributed by atoms with Crippen LogP contribution in [-0.2, 0) is 0 Å². The van der Waals surface area contributed by atoms with Gasteiger partial charge in [0.1, 0.15) is 0 Å². The number of hydrogen-bond donors (Lipinski definition) is 0. The first-order valence-corrected chi connectivity index (χ1v) is 13.5. The molecule has 0 N–H and O–H groups in total. The van der Waals surface area contributed by atoms with E-state index in [9.17, 15) is 0 Å². The first-order valence-electron chi connectivity index (χ1n) is 11.8. The fourth-order valence-electron chi connectivity index (χ4n) is 4.10. The van der Waals surface area contributed by atoms with E-state index in [0.29, 0.717) is 0 Å². The molecular formula is C34H26Se. The molecule has 0 aliphatic carbocycles. The first kappa shape index (κ1) is 22.9. The van der Waals surface area contributed by atoms with Crippen molar-refractivity contribution in [3.8, 4) is 0 Å². The van der Waals surface area contributed by atoms with Crippen molar-refractivity contribution in [1.82, 2.24) is 0 Å². The van der Waals surface area contributed by atoms with Crippen molar-refractivity contribution in [2.45, 2.75) is 0 Å². The SMILES string of the molecule is C(=C(\C(=C(/[Se]c1ccccc1)c1ccccc1)c1ccccc1)c1ccccc1)/c1ccccc1. The van der Waals surface area contributed by atoms with Crippen LogP contribution in [0.15, 0.2) is 152 Å². The Morgan fingerprint density at radius 2 is 0.857 bits per heavy atom. The van der Waals surface area contributed by atoms with Crippen molar-refractivity contribution in [2.24, 2.45) is 0 Å². The van der Waals surface area contributed by atoms with Crippen LogP contribution in [0, 0.1) is 0 Å². The number of benzene rings is 5. The van der Waals surface area contributed by atoms with Crippen molar-refractivity contribution in [3.63, 3.8) is 0 Å². The molecule has 0 saturated carbocycles. The third kappa shape index (κ3) is 5.78. The molecule has 5 rings (SSSR count). The summed E-state index contributed by atoms with van der Waals surface area (Å²) in [5.74, 6) is 0. The van der Waals surface area contributed by atoms with Gasteiger partial charge in [-0.2, -0.15) is 0 Å². The first-order chi connectivity index (χ1) is 17.4. The molecule has 0 amide bonds. The van der Waals surface area contributed by atoms with Gasteiger partial charge in [0.15, 0.2) is 0 Å². The van der Waals surface area contributed by atoms with Crippen LogP contribution < -0.4 is 4.46 Å². The van der Waals surface area contributed by atoms with Gasteiger partial charge >= 0.3 is 215 Å². The van der Waals surface area contributed by atoms with Crippen LogP contribution in [0.3, 0.4) is 0 Å². The molecule has 0 saturated heterocycles. The van der Waals surface area contributed by atoms with Gasteiger partial charge in [-0.15, -0.1) is 0 Å². The minimum absolute atomic E-state index is 0.109. The molecule has 0 bridgehead atoms. The van der Waals surface area contributed by atoms with Crippen LogP contribution in [0.1, 0.15) is 22.3 Å². The third-order valence-electron chi connectivity index (χ3n) is 5.75. The van der Waals surface area contributed by atoms with E-state index >= 15 is 0 Å². The van der Waals surface area contributed by atoms with E-state index in [1.54, 1.807) is 0 Å². The van der Waals surface area contributed by atoms with E-state index in [2.05, 4.69) is 158 Å². The van der Waals surface area contributed by atoms with E-state index in [-0.39, 0.29) is 15.0 Å². The third-order valence-corrected chi connectivity index (χ3v) is 8.17. The Morgan fingerprint density at radius 3 is 1.40 bits per heavy atom. The van der Waals surface area contributed by atoms with Gasteiger partial charge in [0, 0.05) is 0 Å². The van der Waals surface area contributed by atoms with Gasteiger partial charge in [0.2, 0.25) is 0 Å². The zero-order valence-electron chi connectivity index (χ0n) is 19.4. The Balaban J connectivity index is 1.84. The van der Waals surface area contributed by atoms with Crippen LogP contribution in [0.5, 0.6) is 0 Å². The number of hydrogen-bond acceptors (Lipinski definition) is 0. The van der Waals surface area contributed by atoms with Crippen LogP contribution in [0.2, 0.25) is 0 Å². The van der Waals surface area contributed by atoms with Crippen LogP contribution in [0.25, 0.3) is 21.7 Å². The Hall–Kier alpha value is -3.90. The molecule has 0 fully saturated rings. The maximum atomic E-state index is 2.34. The van der Waals surface area contributed by atoms with Gasteiger partial charge in [-0.05, 0) is 0 Å². The average molecular weight is 514 g/mol. The van der Waals surface area contributed by atoms with E-state index < -0.39 is 0 Å². The van der Waals surface area contributed by atoms with Gasteiger partial charge < -0.3 is 0 Å². The van der Waals surface area contributed by atoms with Crippen molar-refractivity contribution < 1.29 is 0 Å². The molecule has 0 aromatic heterocycles. The average Bonchev–Trinajstić information content (AvgIpc) is 2.95.